The lowest BCUT2D eigenvalue weighted by atomic mass is 9.86. The largest absolute Gasteiger partial charge is 0.379 e. The van der Waals surface area contributed by atoms with E-state index in [1.165, 1.54) is 11.3 Å². The lowest BCUT2D eigenvalue weighted by Crippen LogP contribution is -2.41. The summed E-state index contributed by atoms with van der Waals surface area (Å²) in [5.74, 6) is -0.563. The molecule has 1 saturated heterocycles. The predicted molar refractivity (Wildman–Crippen MR) is 119 cm³/mol. The van der Waals surface area contributed by atoms with Crippen molar-refractivity contribution in [2.75, 3.05) is 31.6 Å². The summed E-state index contributed by atoms with van der Waals surface area (Å²) in [6.45, 7) is 12.0. The normalized spacial score (nSPS) is 16.1. The molecule has 162 valence electrons. The van der Waals surface area contributed by atoms with Gasteiger partial charge in [-0.05, 0) is 30.0 Å². The summed E-state index contributed by atoms with van der Waals surface area (Å²) in [7, 11) is 0. The zero-order valence-electron chi connectivity index (χ0n) is 18.0. The molecule has 1 aliphatic rings. The summed E-state index contributed by atoms with van der Waals surface area (Å²) in [5, 5.41) is 8.04. The molecule has 7 nitrogen and oxygen atoms in total. The van der Waals surface area contributed by atoms with Crippen LogP contribution in [0.15, 0.2) is 29.6 Å². The third kappa shape index (κ3) is 6.10. The maximum atomic E-state index is 12.5. The quantitative estimate of drug-likeness (QED) is 0.736. The minimum Gasteiger partial charge on any atom is -0.379 e. The standard InChI is InChI=1S/C22H30N4O3S/c1-15(23-20(28)16-5-7-17(8-6-16)22(2,3)4)19(27)25-21-24-18(14-30-21)13-26-9-11-29-12-10-26/h5-8,14-15H,9-13H2,1-4H3,(H,23,28)(H,24,25,27). The number of ether oxygens (including phenoxy) is 1. The molecule has 2 heterocycles. The molecule has 0 bridgehead atoms. The molecule has 2 N–H and O–H groups in total. The first-order valence-corrected chi connectivity index (χ1v) is 11.1. The number of nitrogens with one attached hydrogen (secondary N) is 2. The fraction of sp³-hybridized carbons (Fsp3) is 0.500. The monoisotopic (exact) mass is 430 g/mol. The van der Waals surface area contributed by atoms with Crippen molar-refractivity contribution in [2.45, 2.75) is 45.7 Å². The van der Waals surface area contributed by atoms with Crippen molar-refractivity contribution in [3.8, 4) is 0 Å². The maximum absolute atomic E-state index is 12.5. The Bertz CT molecular complexity index is 867. The van der Waals surface area contributed by atoms with E-state index in [4.69, 9.17) is 4.74 Å². The smallest absolute Gasteiger partial charge is 0.251 e. The molecular weight excluding hydrogens is 400 g/mol. The van der Waals surface area contributed by atoms with E-state index in [1.54, 1.807) is 19.1 Å². The van der Waals surface area contributed by atoms with Crippen molar-refractivity contribution >= 4 is 28.3 Å². The van der Waals surface area contributed by atoms with Crippen molar-refractivity contribution in [3.63, 3.8) is 0 Å². The van der Waals surface area contributed by atoms with Crippen molar-refractivity contribution in [3.05, 3.63) is 46.5 Å². The molecule has 1 aromatic heterocycles. The minimum absolute atomic E-state index is 0.0243. The van der Waals surface area contributed by atoms with E-state index in [1.807, 2.05) is 17.5 Å². The Morgan fingerprint density at radius 2 is 1.87 bits per heavy atom. The molecule has 2 aromatic rings. The van der Waals surface area contributed by atoms with Crippen molar-refractivity contribution in [1.82, 2.24) is 15.2 Å². The number of hydrogen-bond acceptors (Lipinski definition) is 6. The Hall–Kier alpha value is -2.29. The van der Waals surface area contributed by atoms with E-state index in [9.17, 15) is 9.59 Å². The van der Waals surface area contributed by atoms with E-state index in [0.717, 1.165) is 44.1 Å². The number of rotatable bonds is 6. The number of amides is 2. The van der Waals surface area contributed by atoms with Gasteiger partial charge in [0.1, 0.15) is 6.04 Å². The molecule has 0 spiro atoms. The van der Waals surface area contributed by atoms with Gasteiger partial charge < -0.3 is 15.4 Å². The predicted octanol–water partition coefficient (Wildman–Crippen LogP) is 3.03. The Balaban J connectivity index is 1.51. The molecule has 30 heavy (non-hydrogen) atoms. The van der Waals surface area contributed by atoms with E-state index in [-0.39, 0.29) is 17.2 Å². The van der Waals surface area contributed by atoms with Gasteiger partial charge in [-0.3, -0.25) is 14.5 Å². The maximum Gasteiger partial charge on any atom is 0.251 e. The second-order valence-corrected chi connectivity index (χ2v) is 9.40. The van der Waals surface area contributed by atoms with Gasteiger partial charge in [0.25, 0.3) is 5.91 Å². The molecule has 0 aliphatic carbocycles. The van der Waals surface area contributed by atoms with Gasteiger partial charge in [-0.1, -0.05) is 32.9 Å². The highest BCUT2D eigenvalue weighted by molar-refractivity contribution is 7.13. The number of hydrogen-bond donors (Lipinski definition) is 2. The number of anilines is 1. The highest BCUT2D eigenvalue weighted by atomic mass is 32.1. The van der Waals surface area contributed by atoms with Crippen molar-refractivity contribution in [2.24, 2.45) is 0 Å². The lowest BCUT2D eigenvalue weighted by molar-refractivity contribution is -0.117. The van der Waals surface area contributed by atoms with Gasteiger partial charge in [-0.15, -0.1) is 11.3 Å². The average molecular weight is 431 g/mol. The number of benzene rings is 1. The summed E-state index contributed by atoms with van der Waals surface area (Å²) < 4.78 is 5.35. The Kier molecular flexibility index (Phi) is 7.23. The number of nitrogens with zero attached hydrogens (tertiary/aromatic N) is 2. The van der Waals surface area contributed by atoms with E-state index in [0.29, 0.717) is 10.7 Å². The Morgan fingerprint density at radius 3 is 2.50 bits per heavy atom. The second-order valence-electron chi connectivity index (χ2n) is 8.54. The highest BCUT2D eigenvalue weighted by Gasteiger charge is 2.20. The van der Waals surface area contributed by atoms with Crippen LogP contribution in [-0.4, -0.2) is 54.0 Å². The van der Waals surface area contributed by atoms with Crippen LogP contribution in [-0.2, 0) is 21.5 Å². The van der Waals surface area contributed by atoms with Crippen molar-refractivity contribution in [1.29, 1.82) is 0 Å². The molecule has 8 heteroatoms. The van der Waals surface area contributed by atoms with Crippen LogP contribution in [0.25, 0.3) is 0 Å². The van der Waals surface area contributed by atoms with Gasteiger partial charge in [0.2, 0.25) is 5.91 Å². The first-order chi connectivity index (χ1) is 14.2. The summed E-state index contributed by atoms with van der Waals surface area (Å²) in [5.41, 5.74) is 2.63. The fourth-order valence-corrected chi connectivity index (χ4v) is 3.81. The first-order valence-electron chi connectivity index (χ1n) is 10.2. The molecule has 2 amide bonds. The lowest BCUT2D eigenvalue weighted by Gasteiger charge is -2.25. The Labute approximate surface area is 181 Å². The van der Waals surface area contributed by atoms with E-state index in [2.05, 4.69) is 41.3 Å². The molecule has 1 aliphatic heterocycles. The summed E-state index contributed by atoms with van der Waals surface area (Å²) in [4.78, 5) is 31.7. The van der Waals surface area contributed by atoms with Gasteiger partial charge in [-0.2, -0.15) is 0 Å². The number of aromatic nitrogens is 1. The van der Waals surface area contributed by atoms with E-state index >= 15 is 0 Å². The molecule has 1 fully saturated rings. The molecule has 0 radical (unpaired) electrons. The van der Waals surface area contributed by atoms with Crippen LogP contribution in [0.3, 0.4) is 0 Å². The third-order valence-electron chi connectivity index (χ3n) is 5.03. The van der Waals surface area contributed by atoms with Crippen LogP contribution in [0.2, 0.25) is 0 Å². The van der Waals surface area contributed by atoms with Gasteiger partial charge in [0.15, 0.2) is 5.13 Å². The zero-order valence-corrected chi connectivity index (χ0v) is 18.8. The van der Waals surface area contributed by atoms with Gasteiger partial charge >= 0.3 is 0 Å². The Morgan fingerprint density at radius 1 is 1.20 bits per heavy atom. The number of morpholine rings is 1. The summed E-state index contributed by atoms with van der Waals surface area (Å²) in [6, 6.07) is 6.81. The number of thiazole rings is 1. The van der Waals surface area contributed by atoms with Crippen molar-refractivity contribution < 1.29 is 14.3 Å². The molecule has 1 unspecified atom stereocenters. The second kappa shape index (κ2) is 9.68. The minimum atomic E-state index is -0.675. The number of carbonyl (C=O) groups is 2. The summed E-state index contributed by atoms with van der Waals surface area (Å²) >= 11 is 1.39. The summed E-state index contributed by atoms with van der Waals surface area (Å²) in [6.07, 6.45) is 0. The zero-order chi connectivity index (χ0) is 21.7. The fourth-order valence-electron chi connectivity index (χ4n) is 3.11. The number of carbonyl (C=O) groups excluding carboxylic acids is 2. The van der Waals surface area contributed by atoms with Crippen LogP contribution in [0, 0.1) is 0 Å². The molecule has 3 rings (SSSR count). The van der Waals surface area contributed by atoms with Crippen LogP contribution in [0.5, 0.6) is 0 Å². The van der Waals surface area contributed by atoms with Crippen LogP contribution >= 0.6 is 11.3 Å². The van der Waals surface area contributed by atoms with Gasteiger partial charge in [-0.25, -0.2) is 4.98 Å². The molecule has 1 atom stereocenters. The van der Waals surface area contributed by atoms with Crippen LogP contribution in [0.1, 0.15) is 49.3 Å². The van der Waals surface area contributed by atoms with Crippen LogP contribution in [0.4, 0.5) is 5.13 Å². The van der Waals surface area contributed by atoms with Gasteiger partial charge in [0.05, 0.1) is 18.9 Å². The topological polar surface area (TPSA) is 83.6 Å². The van der Waals surface area contributed by atoms with Gasteiger partial charge in [0, 0.05) is 30.6 Å². The molecule has 1 aromatic carbocycles. The highest BCUT2D eigenvalue weighted by Crippen LogP contribution is 2.22. The molecule has 0 saturated carbocycles. The molecular formula is C22H30N4O3S. The van der Waals surface area contributed by atoms with E-state index < -0.39 is 6.04 Å². The average Bonchev–Trinajstić information content (AvgIpc) is 3.14. The van der Waals surface area contributed by atoms with Crippen LogP contribution < -0.4 is 10.6 Å². The third-order valence-corrected chi connectivity index (χ3v) is 5.83. The first kappa shape index (κ1) is 22.4. The SMILES string of the molecule is CC(NC(=O)c1ccc(C(C)(C)C)cc1)C(=O)Nc1nc(CN2CCOCC2)cs1.